The van der Waals surface area contributed by atoms with Gasteiger partial charge in [0.05, 0.1) is 18.1 Å². The van der Waals surface area contributed by atoms with Crippen molar-refractivity contribution in [2.75, 3.05) is 19.8 Å². The second kappa shape index (κ2) is 8.28. The number of amides is 1. The molecule has 1 atom stereocenters. The van der Waals surface area contributed by atoms with Gasteiger partial charge in [-0.3, -0.25) is 4.79 Å². The lowest BCUT2D eigenvalue weighted by molar-refractivity contribution is -0.131. The molecule has 1 aliphatic rings. The van der Waals surface area contributed by atoms with Gasteiger partial charge in [0.1, 0.15) is 0 Å². The third-order valence-corrected chi connectivity index (χ3v) is 4.99. The van der Waals surface area contributed by atoms with Gasteiger partial charge in [0.25, 0.3) is 0 Å². The number of ether oxygens (including phenoxy) is 1. The van der Waals surface area contributed by atoms with E-state index in [9.17, 15) is 9.90 Å². The van der Waals surface area contributed by atoms with Crippen LogP contribution in [0.15, 0.2) is 60.7 Å². The normalized spacial score (nSPS) is 17.6. The van der Waals surface area contributed by atoms with Crippen LogP contribution in [0.2, 0.25) is 0 Å². The number of rotatable bonds is 6. The fraction of sp³-hybridized carbons (Fsp3) is 0.381. The maximum Gasteiger partial charge on any atom is 0.231 e. The summed E-state index contributed by atoms with van der Waals surface area (Å²) in [4.78, 5) is 13.2. The lowest BCUT2D eigenvalue weighted by Gasteiger charge is -2.37. The zero-order valence-electron chi connectivity index (χ0n) is 14.4. The fourth-order valence-corrected chi connectivity index (χ4v) is 3.51. The minimum absolute atomic E-state index is 0.0167. The highest BCUT2D eigenvalue weighted by Crippen LogP contribution is 2.35. The Hall–Kier alpha value is -2.17. The number of hydrogen-bond acceptors (Lipinski definition) is 3. The van der Waals surface area contributed by atoms with Gasteiger partial charge in [-0.1, -0.05) is 60.7 Å². The second-order valence-electron chi connectivity index (χ2n) is 6.60. The molecule has 0 aromatic heterocycles. The monoisotopic (exact) mass is 339 g/mol. The van der Waals surface area contributed by atoms with Gasteiger partial charge in [-0.05, 0) is 30.4 Å². The molecule has 2 aromatic rings. The Morgan fingerprint density at radius 1 is 1.04 bits per heavy atom. The topological polar surface area (TPSA) is 58.6 Å². The molecule has 4 nitrogen and oxygen atoms in total. The highest BCUT2D eigenvalue weighted by Gasteiger charge is 2.42. The predicted molar refractivity (Wildman–Crippen MR) is 97.3 cm³/mol. The van der Waals surface area contributed by atoms with Crippen molar-refractivity contribution in [3.05, 3.63) is 71.8 Å². The summed E-state index contributed by atoms with van der Waals surface area (Å²) >= 11 is 0. The molecule has 1 aliphatic heterocycles. The van der Waals surface area contributed by atoms with Crippen LogP contribution in [0.4, 0.5) is 0 Å². The molecule has 0 bridgehead atoms. The molecule has 2 N–H and O–H groups in total. The van der Waals surface area contributed by atoms with Gasteiger partial charge in [-0.15, -0.1) is 0 Å². The Morgan fingerprint density at radius 3 is 2.24 bits per heavy atom. The Labute approximate surface area is 148 Å². The van der Waals surface area contributed by atoms with E-state index < -0.39 is 5.41 Å². The molecule has 0 radical (unpaired) electrons. The fourth-order valence-electron chi connectivity index (χ4n) is 3.51. The standard InChI is InChI=1S/C21H25NO3/c23-16-19(15-17-7-3-1-4-8-17)22-20(24)21(11-13-25-14-12-21)18-9-5-2-6-10-18/h1-10,19,23H,11-16H2,(H,22,24)/t19-/m0/s1. The summed E-state index contributed by atoms with van der Waals surface area (Å²) in [5.41, 5.74) is 1.54. The van der Waals surface area contributed by atoms with E-state index >= 15 is 0 Å². The van der Waals surface area contributed by atoms with Crippen LogP contribution in [0.25, 0.3) is 0 Å². The zero-order valence-corrected chi connectivity index (χ0v) is 14.4. The summed E-state index contributed by atoms with van der Waals surface area (Å²) in [7, 11) is 0. The Morgan fingerprint density at radius 2 is 1.64 bits per heavy atom. The van der Waals surface area contributed by atoms with Crippen molar-refractivity contribution in [1.82, 2.24) is 5.32 Å². The Kier molecular flexibility index (Phi) is 5.84. The van der Waals surface area contributed by atoms with E-state index in [0.29, 0.717) is 32.5 Å². The highest BCUT2D eigenvalue weighted by atomic mass is 16.5. The summed E-state index contributed by atoms with van der Waals surface area (Å²) in [5, 5.41) is 12.8. The number of carbonyl (C=O) groups is 1. The molecule has 132 valence electrons. The number of nitrogens with one attached hydrogen (secondary N) is 1. The largest absolute Gasteiger partial charge is 0.394 e. The van der Waals surface area contributed by atoms with E-state index in [1.54, 1.807) is 0 Å². The predicted octanol–water partition coefficient (Wildman–Crippen LogP) is 2.45. The first kappa shape index (κ1) is 17.6. The lowest BCUT2D eigenvalue weighted by Crippen LogP contribution is -2.52. The average Bonchev–Trinajstić information content (AvgIpc) is 2.69. The molecule has 2 aromatic carbocycles. The SMILES string of the molecule is O=C(N[C@H](CO)Cc1ccccc1)C1(c2ccccc2)CCOCC1. The molecule has 0 saturated carbocycles. The quantitative estimate of drug-likeness (QED) is 0.850. The van der Waals surface area contributed by atoms with Crippen molar-refractivity contribution in [1.29, 1.82) is 0 Å². The summed E-state index contributed by atoms with van der Waals surface area (Å²) < 4.78 is 5.49. The van der Waals surface area contributed by atoms with Crippen LogP contribution >= 0.6 is 0 Å². The van der Waals surface area contributed by atoms with Crippen LogP contribution < -0.4 is 5.32 Å². The lowest BCUT2D eigenvalue weighted by atomic mass is 9.73. The molecule has 1 heterocycles. The van der Waals surface area contributed by atoms with Crippen molar-refractivity contribution >= 4 is 5.91 Å². The van der Waals surface area contributed by atoms with Gasteiger partial charge >= 0.3 is 0 Å². The molecule has 1 saturated heterocycles. The van der Waals surface area contributed by atoms with Crippen LogP contribution in [0.1, 0.15) is 24.0 Å². The van der Waals surface area contributed by atoms with E-state index in [4.69, 9.17) is 4.74 Å². The maximum absolute atomic E-state index is 13.2. The van der Waals surface area contributed by atoms with Crippen LogP contribution in [0.5, 0.6) is 0 Å². The molecule has 3 rings (SSSR count). The molecule has 25 heavy (non-hydrogen) atoms. The van der Waals surface area contributed by atoms with Crippen LogP contribution in [-0.2, 0) is 21.4 Å². The first-order valence-electron chi connectivity index (χ1n) is 8.83. The number of carbonyl (C=O) groups excluding carboxylic acids is 1. The third-order valence-electron chi connectivity index (χ3n) is 4.99. The van der Waals surface area contributed by atoms with Crippen molar-refractivity contribution in [3.8, 4) is 0 Å². The van der Waals surface area contributed by atoms with Crippen LogP contribution in [-0.4, -0.2) is 36.9 Å². The van der Waals surface area contributed by atoms with Crippen molar-refractivity contribution < 1.29 is 14.6 Å². The smallest absolute Gasteiger partial charge is 0.231 e. The summed E-state index contributed by atoms with van der Waals surface area (Å²) in [6.07, 6.45) is 1.93. The number of aliphatic hydroxyl groups excluding tert-OH is 1. The first-order valence-corrected chi connectivity index (χ1v) is 8.83. The number of benzene rings is 2. The van der Waals surface area contributed by atoms with E-state index in [1.807, 2.05) is 60.7 Å². The second-order valence-corrected chi connectivity index (χ2v) is 6.60. The first-order chi connectivity index (χ1) is 12.2. The minimum Gasteiger partial charge on any atom is -0.394 e. The molecule has 1 fully saturated rings. The van der Waals surface area contributed by atoms with Gasteiger partial charge in [0, 0.05) is 13.2 Å². The molecule has 0 unspecified atom stereocenters. The Balaban J connectivity index is 1.78. The van der Waals surface area contributed by atoms with Gasteiger partial charge in [-0.25, -0.2) is 0 Å². The van der Waals surface area contributed by atoms with Crippen LogP contribution in [0.3, 0.4) is 0 Å². The van der Waals surface area contributed by atoms with E-state index in [-0.39, 0.29) is 18.6 Å². The van der Waals surface area contributed by atoms with Gasteiger partial charge in [0.2, 0.25) is 5.91 Å². The van der Waals surface area contributed by atoms with Crippen molar-refractivity contribution in [3.63, 3.8) is 0 Å². The number of hydrogen-bond donors (Lipinski definition) is 2. The zero-order chi connectivity index (χ0) is 17.5. The van der Waals surface area contributed by atoms with E-state index in [1.165, 1.54) is 0 Å². The van der Waals surface area contributed by atoms with Gasteiger partial charge in [-0.2, -0.15) is 0 Å². The molecular weight excluding hydrogens is 314 g/mol. The highest BCUT2D eigenvalue weighted by molar-refractivity contribution is 5.88. The maximum atomic E-state index is 13.2. The minimum atomic E-state index is -0.580. The molecule has 0 aliphatic carbocycles. The molecule has 4 heteroatoms. The Bertz CT molecular complexity index is 666. The van der Waals surface area contributed by atoms with Gasteiger partial charge < -0.3 is 15.2 Å². The molecular formula is C21H25NO3. The summed E-state index contributed by atoms with van der Waals surface area (Å²) in [6.45, 7) is 1.07. The van der Waals surface area contributed by atoms with Crippen molar-refractivity contribution in [2.24, 2.45) is 0 Å². The molecule has 1 amide bonds. The summed E-state index contributed by atoms with van der Waals surface area (Å²) in [6, 6.07) is 19.5. The van der Waals surface area contributed by atoms with E-state index in [0.717, 1.165) is 11.1 Å². The van der Waals surface area contributed by atoms with Crippen molar-refractivity contribution in [2.45, 2.75) is 30.7 Å². The summed E-state index contributed by atoms with van der Waals surface area (Å²) in [5.74, 6) is -0.0167. The van der Waals surface area contributed by atoms with Crippen LogP contribution in [0, 0.1) is 0 Å². The van der Waals surface area contributed by atoms with Gasteiger partial charge in [0.15, 0.2) is 0 Å². The number of aliphatic hydroxyl groups is 1. The molecule has 0 spiro atoms. The van der Waals surface area contributed by atoms with E-state index in [2.05, 4.69) is 5.32 Å². The third kappa shape index (κ3) is 4.09. The average molecular weight is 339 g/mol.